The Bertz CT molecular complexity index is 1150. The number of fused-ring (bicyclic) bond motifs is 3. The van der Waals surface area contributed by atoms with E-state index in [1.807, 2.05) is 54.6 Å². The summed E-state index contributed by atoms with van der Waals surface area (Å²) in [5.74, 6) is 2.55. The van der Waals surface area contributed by atoms with Gasteiger partial charge in [-0.3, -0.25) is 0 Å². The molecule has 0 unspecified atom stereocenters. The first-order chi connectivity index (χ1) is 16.2. The molecule has 2 aliphatic heterocycles. The minimum Gasteiger partial charge on any atom is -0.497 e. The van der Waals surface area contributed by atoms with Crippen molar-refractivity contribution in [3.8, 4) is 17.2 Å². The van der Waals surface area contributed by atoms with E-state index in [4.69, 9.17) is 30.9 Å². The largest absolute Gasteiger partial charge is 0.497 e. The van der Waals surface area contributed by atoms with Gasteiger partial charge in [-0.25, -0.2) is 5.01 Å². The van der Waals surface area contributed by atoms with Crippen molar-refractivity contribution in [1.29, 1.82) is 0 Å². The van der Waals surface area contributed by atoms with Crippen LogP contribution in [0.3, 0.4) is 0 Å². The van der Waals surface area contributed by atoms with Crippen molar-refractivity contribution in [2.75, 3.05) is 13.7 Å². The maximum atomic E-state index is 6.45. The molecule has 0 saturated heterocycles. The summed E-state index contributed by atoms with van der Waals surface area (Å²) in [5.41, 5.74) is 4.18. The van der Waals surface area contributed by atoms with Gasteiger partial charge in [-0.2, -0.15) is 5.10 Å². The molecule has 3 aromatic carbocycles. The molecule has 33 heavy (non-hydrogen) atoms. The molecule has 0 aliphatic carbocycles. The molecular weight excluding hydrogens is 436 g/mol. The minimum absolute atomic E-state index is 0.0510. The third kappa shape index (κ3) is 4.38. The highest BCUT2D eigenvalue weighted by Crippen LogP contribution is 2.48. The van der Waals surface area contributed by atoms with E-state index in [1.165, 1.54) is 0 Å². The van der Waals surface area contributed by atoms with Crippen LogP contribution in [0.25, 0.3) is 0 Å². The van der Waals surface area contributed by atoms with Gasteiger partial charge in [0.2, 0.25) is 6.23 Å². The molecule has 0 radical (unpaired) electrons. The van der Waals surface area contributed by atoms with Crippen LogP contribution in [0.5, 0.6) is 17.2 Å². The van der Waals surface area contributed by atoms with E-state index in [0.717, 1.165) is 65.5 Å². The first-order valence-electron chi connectivity index (χ1n) is 11.4. The Morgan fingerprint density at radius 2 is 1.79 bits per heavy atom. The molecule has 0 bridgehead atoms. The number of methoxy groups -OCH3 is 1. The summed E-state index contributed by atoms with van der Waals surface area (Å²) in [4.78, 5) is 0. The maximum Gasteiger partial charge on any atom is 0.213 e. The van der Waals surface area contributed by atoms with Crippen molar-refractivity contribution in [2.24, 2.45) is 5.10 Å². The lowest BCUT2D eigenvalue weighted by atomic mass is 9.96. The SMILES string of the molecule is CCCCOc1ccc([C@H]2Oc3ccc(Cl)cc3[C@H]3CC(c4ccc(OC)cc4)=NN32)cc1. The van der Waals surface area contributed by atoms with E-state index in [0.29, 0.717) is 5.02 Å². The van der Waals surface area contributed by atoms with Crippen LogP contribution < -0.4 is 14.2 Å². The number of hydrogen-bond donors (Lipinski definition) is 0. The molecule has 2 atom stereocenters. The summed E-state index contributed by atoms with van der Waals surface area (Å²) in [7, 11) is 1.67. The van der Waals surface area contributed by atoms with Gasteiger partial charge in [0.15, 0.2) is 0 Å². The molecule has 6 heteroatoms. The Kier molecular flexibility index (Phi) is 6.14. The molecule has 0 saturated carbocycles. The van der Waals surface area contributed by atoms with Crippen molar-refractivity contribution in [3.63, 3.8) is 0 Å². The quantitative estimate of drug-likeness (QED) is 0.363. The number of halogens is 1. The van der Waals surface area contributed by atoms with E-state index in [9.17, 15) is 0 Å². The van der Waals surface area contributed by atoms with Gasteiger partial charge in [0.1, 0.15) is 17.2 Å². The number of benzene rings is 3. The lowest BCUT2D eigenvalue weighted by molar-refractivity contribution is -0.0190. The zero-order valence-corrected chi connectivity index (χ0v) is 19.6. The average molecular weight is 463 g/mol. The molecule has 0 amide bonds. The van der Waals surface area contributed by atoms with E-state index in [2.05, 4.69) is 24.1 Å². The molecule has 5 nitrogen and oxygen atoms in total. The highest BCUT2D eigenvalue weighted by Gasteiger charge is 2.41. The Balaban J connectivity index is 1.47. The van der Waals surface area contributed by atoms with E-state index in [1.54, 1.807) is 7.11 Å². The second-order valence-corrected chi connectivity index (χ2v) is 8.73. The number of unbranched alkanes of at least 4 members (excludes halogenated alkanes) is 1. The minimum atomic E-state index is -0.330. The van der Waals surface area contributed by atoms with Gasteiger partial charge in [0.25, 0.3) is 0 Å². The fraction of sp³-hybridized carbons (Fsp3) is 0.296. The average Bonchev–Trinajstić information content (AvgIpc) is 3.30. The van der Waals surface area contributed by atoms with Gasteiger partial charge in [-0.05, 0) is 78.7 Å². The smallest absolute Gasteiger partial charge is 0.213 e. The van der Waals surface area contributed by atoms with Crippen LogP contribution in [0.15, 0.2) is 71.8 Å². The lowest BCUT2D eigenvalue weighted by Crippen LogP contribution is -2.33. The molecule has 5 rings (SSSR count). The molecule has 0 N–H and O–H groups in total. The molecule has 2 aliphatic rings. The molecular formula is C27H27ClN2O3. The molecule has 3 aromatic rings. The van der Waals surface area contributed by atoms with Gasteiger partial charge in [0, 0.05) is 22.6 Å². The third-order valence-corrected chi connectivity index (χ3v) is 6.34. The second kappa shape index (κ2) is 9.36. The number of rotatable bonds is 7. The van der Waals surface area contributed by atoms with Crippen LogP contribution in [0.4, 0.5) is 0 Å². The van der Waals surface area contributed by atoms with Crippen molar-refractivity contribution in [1.82, 2.24) is 5.01 Å². The Morgan fingerprint density at radius 3 is 2.52 bits per heavy atom. The molecule has 170 valence electrons. The van der Waals surface area contributed by atoms with Crippen molar-refractivity contribution in [2.45, 2.75) is 38.5 Å². The highest BCUT2D eigenvalue weighted by molar-refractivity contribution is 6.30. The molecule has 0 fully saturated rings. The van der Waals surface area contributed by atoms with Gasteiger partial charge < -0.3 is 14.2 Å². The van der Waals surface area contributed by atoms with Crippen LogP contribution in [-0.2, 0) is 0 Å². The predicted molar refractivity (Wildman–Crippen MR) is 130 cm³/mol. The highest BCUT2D eigenvalue weighted by atomic mass is 35.5. The maximum absolute atomic E-state index is 6.45. The molecule has 0 spiro atoms. The zero-order valence-electron chi connectivity index (χ0n) is 18.8. The Morgan fingerprint density at radius 1 is 1.03 bits per heavy atom. The Hall–Kier alpha value is -3.18. The number of nitrogens with zero attached hydrogens (tertiary/aromatic N) is 2. The standard InChI is InChI=1S/C27H27ClN2O3/c1-3-4-15-32-22-12-7-19(8-13-22)27-30-25(23-16-20(28)9-14-26(23)33-27)17-24(29-30)18-5-10-21(31-2)11-6-18/h5-14,16,25,27H,3-4,15,17H2,1-2H3/t25-,27-/m1/s1. The van der Waals surface area contributed by atoms with Crippen molar-refractivity contribution < 1.29 is 14.2 Å². The predicted octanol–water partition coefficient (Wildman–Crippen LogP) is 6.77. The summed E-state index contributed by atoms with van der Waals surface area (Å²) >= 11 is 6.34. The van der Waals surface area contributed by atoms with Crippen LogP contribution in [0, 0.1) is 0 Å². The third-order valence-electron chi connectivity index (χ3n) is 6.11. The summed E-state index contributed by atoms with van der Waals surface area (Å²) in [6.07, 6.45) is 2.61. The van der Waals surface area contributed by atoms with Crippen LogP contribution in [0.2, 0.25) is 5.02 Å². The number of hydrogen-bond acceptors (Lipinski definition) is 5. The van der Waals surface area contributed by atoms with Gasteiger partial charge >= 0.3 is 0 Å². The number of ether oxygens (including phenoxy) is 3. The van der Waals surface area contributed by atoms with Crippen molar-refractivity contribution in [3.05, 3.63) is 88.4 Å². The van der Waals surface area contributed by atoms with Crippen LogP contribution in [0.1, 0.15) is 55.1 Å². The zero-order chi connectivity index (χ0) is 22.8. The first kappa shape index (κ1) is 21.7. The van der Waals surface area contributed by atoms with Gasteiger partial charge in [0.05, 0.1) is 25.5 Å². The van der Waals surface area contributed by atoms with E-state index >= 15 is 0 Å². The second-order valence-electron chi connectivity index (χ2n) is 8.30. The fourth-order valence-corrected chi connectivity index (χ4v) is 4.48. The monoisotopic (exact) mass is 462 g/mol. The lowest BCUT2D eigenvalue weighted by Gasteiger charge is -2.38. The summed E-state index contributed by atoms with van der Waals surface area (Å²) in [5, 5.41) is 7.77. The Labute approximate surface area is 199 Å². The van der Waals surface area contributed by atoms with E-state index in [-0.39, 0.29) is 12.3 Å². The fourth-order valence-electron chi connectivity index (χ4n) is 4.30. The van der Waals surface area contributed by atoms with Gasteiger partial charge in [-0.15, -0.1) is 0 Å². The topological polar surface area (TPSA) is 43.3 Å². The van der Waals surface area contributed by atoms with Crippen LogP contribution >= 0.6 is 11.6 Å². The number of hydrazone groups is 1. The van der Waals surface area contributed by atoms with Gasteiger partial charge in [-0.1, -0.05) is 24.9 Å². The summed E-state index contributed by atoms with van der Waals surface area (Å²) in [6, 6.07) is 22.0. The van der Waals surface area contributed by atoms with Crippen LogP contribution in [-0.4, -0.2) is 24.4 Å². The molecule has 0 aromatic heterocycles. The first-order valence-corrected chi connectivity index (χ1v) is 11.7. The molecule has 2 heterocycles. The summed E-state index contributed by atoms with van der Waals surface area (Å²) < 4.78 is 17.6. The van der Waals surface area contributed by atoms with Crippen molar-refractivity contribution >= 4 is 17.3 Å². The normalized spacial score (nSPS) is 18.8. The van der Waals surface area contributed by atoms with E-state index < -0.39 is 0 Å². The summed E-state index contributed by atoms with van der Waals surface area (Å²) in [6.45, 7) is 2.89.